The fourth-order valence-corrected chi connectivity index (χ4v) is 2.00. The maximum Gasteiger partial charge on any atom is 0.271 e. The molecule has 0 saturated heterocycles. The monoisotopic (exact) mass is 294 g/mol. The maximum atomic E-state index is 11.0. The van der Waals surface area contributed by atoms with Crippen molar-refractivity contribution in [1.82, 2.24) is 5.43 Å². The molecule has 3 N–H and O–H groups in total. The van der Waals surface area contributed by atoms with Gasteiger partial charge in [0.05, 0.1) is 0 Å². The molecule has 0 aromatic heterocycles. The van der Waals surface area contributed by atoms with Crippen LogP contribution in [0, 0.1) is 0 Å². The van der Waals surface area contributed by atoms with Crippen molar-refractivity contribution in [3.05, 3.63) is 40.9 Å². The number of amides is 1. The Hall–Kier alpha value is -1.59. The van der Waals surface area contributed by atoms with E-state index in [2.05, 4.69) is 15.9 Å². The standard InChI is InChI=1S/C12H11BrN2O2/c13-9-5-8-3-1-2-4-10(8)11(6-9)17-7-12(16)15-14/h1-6H,7,14H2,(H,15,16). The predicted octanol–water partition coefficient (Wildman–Crippen LogP) is 1.97. The molecule has 2 aromatic carbocycles. The largest absolute Gasteiger partial charge is 0.483 e. The van der Waals surface area contributed by atoms with Crippen LogP contribution in [0.5, 0.6) is 5.75 Å². The van der Waals surface area contributed by atoms with Gasteiger partial charge in [0, 0.05) is 9.86 Å². The summed E-state index contributed by atoms with van der Waals surface area (Å²) in [6.45, 7) is -0.100. The van der Waals surface area contributed by atoms with E-state index in [0.717, 1.165) is 15.2 Å². The van der Waals surface area contributed by atoms with Gasteiger partial charge in [-0.2, -0.15) is 0 Å². The van der Waals surface area contributed by atoms with E-state index in [0.29, 0.717) is 5.75 Å². The molecule has 0 atom stereocenters. The molecule has 0 heterocycles. The molecule has 0 radical (unpaired) electrons. The summed E-state index contributed by atoms with van der Waals surface area (Å²) in [5, 5.41) is 2.01. The molecule has 2 aromatic rings. The van der Waals surface area contributed by atoms with Gasteiger partial charge >= 0.3 is 0 Å². The molecule has 2 rings (SSSR count). The van der Waals surface area contributed by atoms with Gasteiger partial charge in [-0.1, -0.05) is 40.2 Å². The van der Waals surface area contributed by atoms with E-state index >= 15 is 0 Å². The molecular weight excluding hydrogens is 284 g/mol. The van der Waals surface area contributed by atoms with Gasteiger partial charge in [-0.3, -0.25) is 10.2 Å². The van der Waals surface area contributed by atoms with E-state index in [1.54, 1.807) is 0 Å². The molecule has 1 amide bonds. The zero-order chi connectivity index (χ0) is 12.3. The molecular formula is C12H11BrN2O2. The summed E-state index contributed by atoms with van der Waals surface area (Å²) < 4.78 is 6.33. The smallest absolute Gasteiger partial charge is 0.271 e. The molecule has 0 aliphatic heterocycles. The molecule has 88 valence electrons. The van der Waals surface area contributed by atoms with Gasteiger partial charge in [-0.15, -0.1) is 0 Å². The molecule has 5 heteroatoms. The Morgan fingerprint density at radius 3 is 2.88 bits per heavy atom. The summed E-state index contributed by atoms with van der Waals surface area (Å²) >= 11 is 3.40. The van der Waals surface area contributed by atoms with Crippen molar-refractivity contribution in [2.24, 2.45) is 5.84 Å². The van der Waals surface area contributed by atoms with Crippen LogP contribution in [0.1, 0.15) is 0 Å². The van der Waals surface area contributed by atoms with Crippen LogP contribution in [0.3, 0.4) is 0 Å². The summed E-state index contributed by atoms with van der Waals surface area (Å²) in [5.41, 5.74) is 2.02. The Kier molecular flexibility index (Phi) is 3.61. The summed E-state index contributed by atoms with van der Waals surface area (Å²) in [7, 11) is 0. The number of carbonyl (C=O) groups is 1. The first-order valence-corrected chi connectivity index (χ1v) is 5.80. The van der Waals surface area contributed by atoms with Crippen molar-refractivity contribution in [3.63, 3.8) is 0 Å². The highest BCUT2D eigenvalue weighted by molar-refractivity contribution is 9.10. The second-order valence-electron chi connectivity index (χ2n) is 3.48. The number of hydrogen-bond acceptors (Lipinski definition) is 3. The summed E-state index contributed by atoms with van der Waals surface area (Å²) in [4.78, 5) is 11.0. The van der Waals surface area contributed by atoms with Gasteiger partial charge in [0.15, 0.2) is 6.61 Å². The molecule has 0 saturated carbocycles. The average molecular weight is 295 g/mol. The third-order valence-electron chi connectivity index (χ3n) is 2.31. The molecule has 0 bridgehead atoms. The number of halogens is 1. The van der Waals surface area contributed by atoms with Gasteiger partial charge in [-0.25, -0.2) is 5.84 Å². The van der Waals surface area contributed by atoms with Crippen LogP contribution in [0.15, 0.2) is 40.9 Å². The van der Waals surface area contributed by atoms with Crippen molar-refractivity contribution in [1.29, 1.82) is 0 Å². The Bertz CT molecular complexity index is 557. The number of rotatable bonds is 3. The highest BCUT2D eigenvalue weighted by atomic mass is 79.9. The summed E-state index contributed by atoms with van der Waals surface area (Å²) in [5.74, 6) is 5.27. The fraction of sp³-hybridized carbons (Fsp3) is 0.0833. The normalized spacial score (nSPS) is 10.2. The molecule has 4 nitrogen and oxygen atoms in total. The number of fused-ring (bicyclic) bond motifs is 1. The van der Waals surface area contributed by atoms with Crippen LogP contribution in [-0.2, 0) is 4.79 Å². The second-order valence-corrected chi connectivity index (χ2v) is 4.40. The Morgan fingerprint density at radius 2 is 2.12 bits per heavy atom. The van der Waals surface area contributed by atoms with Gasteiger partial charge in [0.1, 0.15) is 5.75 Å². The van der Waals surface area contributed by atoms with E-state index in [1.165, 1.54) is 0 Å². The van der Waals surface area contributed by atoms with Gasteiger partial charge in [-0.05, 0) is 17.5 Å². The summed E-state index contributed by atoms with van der Waals surface area (Å²) in [6.07, 6.45) is 0. The minimum atomic E-state index is -0.367. The van der Waals surface area contributed by atoms with Crippen LogP contribution in [0.4, 0.5) is 0 Å². The lowest BCUT2D eigenvalue weighted by atomic mass is 10.1. The minimum absolute atomic E-state index is 0.100. The van der Waals surface area contributed by atoms with Gasteiger partial charge in [0.2, 0.25) is 0 Å². The highest BCUT2D eigenvalue weighted by Gasteiger charge is 2.06. The van der Waals surface area contributed by atoms with E-state index < -0.39 is 0 Å². The van der Waals surface area contributed by atoms with Crippen LogP contribution in [-0.4, -0.2) is 12.5 Å². The summed E-state index contributed by atoms with van der Waals surface area (Å²) in [6, 6.07) is 11.6. The number of carbonyl (C=O) groups excluding carboxylic acids is 1. The SMILES string of the molecule is NNC(=O)COc1cc(Br)cc2ccccc12. The lowest BCUT2D eigenvalue weighted by molar-refractivity contribution is -0.123. The first-order valence-electron chi connectivity index (χ1n) is 5.01. The second kappa shape index (κ2) is 5.16. The van der Waals surface area contributed by atoms with Gasteiger partial charge < -0.3 is 4.74 Å². The van der Waals surface area contributed by atoms with Crippen molar-refractivity contribution in [3.8, 4) is 5.75 Å². The number of nitrogens with one attached hydrogen (secondary N) is 1. The van der Waals surface area contributed by atoms with E-state index in [9.17, 15) is 4.79 Å². The zero-order valence-corrected chi connectivity index (χ0v) is 10.5. The average Bonchev–Trinajstić information content (AvgIpc) is 2.35. The molecule has 0 spiro atoms. The molecule has 0 aliphatic rings. The first-order chi connectivity index (χ1) is 8.20. The van der Waals surface area contributed by atoms with Crippen LogP contribution >= 0.6 is 15.9 Å². The van der Waals surface area contributed by atoms with Crippen LogP contribution in [0.25, 0.3) is 10.8 Å². The predicted molar refractivity (Wildman–Crippen MR) is 69.5 cm³/mol. The number of ether oxygens (including phenoxy) is 1. The van der Waals surface area contributed by atoms with Crippen LogP contribution in [0.2, 0.25) is 0 Å². The Morgan fingerprint density at radius 1 is 1.35 bits per heavy atom. The zero-order valence-electron chi connectivity index (χ0n) is 8.94. The van der Waals surface area contributed by atoms with Crippen molar-refractivity contribution in [2.75, 3.05) is 6.61 Å². The number of nitrogens with two attached hydrogens (primary N) is 1. The molecule has 17 heavy (non-hydrogen) atoms. The van der Waals surface area contributed by atoms with Crippen molar-refractivity contribution >= 4 is 32.6 Å². The minimum Gasteiger partial charge on any atom is -0.483 e. The van der Waals surface area contributed by atoms with Gasteiger partial charge in [0.25, 0.3) is 5.91 Å². The third-order valence-corrected chi connectivity index (χ3v) is 2.77. The Labute approximate surface area is 107 Å². The fourth-order valence-electron chi connectivity index (χ4n) is 1.54. The lowest BCUT2D eigenvalue weighted by Crippen LogP contribution is -2.34. The molecule has 0 unspecified atom stereocenters. The number of benzene rings is 2. The van der Waals surface area contributed by atoms with E-state index in [-0.39, 0.29) is 12.5 Å². The van der Waals surface area contributed by atoms with E-state index in [1.807, 2.05) is 41.8 Å². The molecule has 0 aliphatic carbocycles. The third kappa shape index (κ3) is 2.75. The highest BCUT2D eigenvalue weighted by Crippen LogP contribution is 2.29. The maximum absolute atomic E-state index is 11.0. The quantitative estimate of drug-likeness (QED) is 0.517. The van der Waals surface area contributed by atoms with Crippen molar-refractivity contribution in [2.45, 2.75) is 0 Å². The topological polar surface area (TPSA) is 64.3 Å². The molecule has 0 fully saturated rings. The van der Waals surface area contributed by atoms with Crippen molar-refractivity contribution < 1.29 is 9.53 Å². The first kappa shape index (κ1) is 11.9. The lowest BCUT2D eigenvalue weighted by Gasteiger charge is -2.09. The Balaban J connectivity index is 2.35. The number of hydrogen-bond donors (Lipinski definition) is 2. The van der Waals surface area contributed by atoms with E-state index in [4.69, 9.17) is 10.6 Å². The number of hydrazine groups is 1. The van der Waals surface area contributed by atoms with Crippen LogP contribution < -0.4 is 16.0 Å².